The van der Waals surface area contributed by atoms with E-state index >= 15 is 0 Å². The molecule has 0 aromatic heterocycles. The van der Waals surface area contributed by atoms with Crippen molar-refractivity contribution in [2.45, 2.75) is 58.2 Å². The molecule has 0 saturated carbocycles. The van der Waals surface area contributed by atoms with Crippen LogP contribution in [-0.4, -0.2) is 40.9 Å². The van der Waals surface area contributed by atoms with E-state index in [2.05, 4.69) is 12.1 Å². The molecule has 4 nitrogen and oxygen atoms in total. The van der Waals surface area contributed by atoms with E-state index in [0.717, 1.165) is 25.7 Å². The predicted octanol–water partition coefficient (Wildman–Crippen LogP) is 3.63. The molecule has 2 rings (SSSR count). The number of aryl methyl sites for hydroxylation is 1. The van der Waals surface area contributed by atoms with Crippen LogP contribution in [-0.2, 0) is 11.2 Å². The van der Waals surface area contributed by atoms with Gasteiger partial charge in [0.15, 0.2) is 0 Å². The number of ether oxygens (including phenoxy) is 1. The molecule has 1 aromatic rings. The average Bonchev–Trinajstić information content (AvgIpc) is 2.52. The minimum Gasteiger partial charge on any atom is -0.444 e. The summed E-state index contributed by atoms with van der Waals surface area (Å²) in [5.74, 6) is 0.275. The van der Waals surface area contributed by atoms with Gasteiger partial charge in [0.1, 0.15) is 5.60 Å². The monoisotopic (exact) mass is 319 g/mol. The Labute approximate surface area is 139 Å². The Hall–Kier alpha value is -1.55. The van der Waals surface area contributed by atoms with Gasteiger partial charge in [0.25, 0.3) is 0 Å². The summed E-state index contributed by atoms with van der Waals surface area (Å²) in [6.07, 6.45) is 2.82. The highest BCUT2D eigenvalue weighted by atomic mass is 16.6. The second-order valence-corrected chi connectivity index (χ2v) is 7.40. The molecule has 1 N–H and O–H groups in total. The fourth-order valence-electron chi connectivity index (χ4n) is 2.99. The number of amides is 1. The number of hydrogen-bond acceptors (Lipinski definition) is 3. The third kappa shape index (κ3) is 5.87. The van der Waals surface area contributed by atoms with Crippen molar-refractivity contribution in [3.8, 4) is 0 Å². The highest BCUT2D eigenvalue weighted by Crippen LogP contribution is 2.24. The largest absolute Gasteiger partial charge is 0.444 e. The number of hydrogen-bond donors (Lipinski definition) is 1. The van der Waals surface area contributed by atoms with E-state index in [9.17, 15) is 9.90 Å². The van der Waals surface area contributed by atoms with Crippen molar-refractivity contribution < 1.29 is 14.6 Å². The molecule has 1 aliphatic heterocycles. The number of benzene rings is 1. The zero-order valence-electron chi connectivity index (χ0n) is 14.5. The zero-order chi connectivity index (χ0) is 16.9. The molecule has 1 fully saturated rings. The minimum atomic E-state index is -0.455. The number of carbonyl (C=O) groups excluding carboxylic acids is 1. The van der Waals surface area contributed by atoms with E-state index in [0.29, 0.717) is 13.1 Å². The minimum absolute atomic E-state index is 0.241. The predicted molar refractivity (Wildman–Crippen MR) is 91.3 cm³/mol. The fourth-order valence-corrected chi connectivity index (χ4v) is 2.99. The molecule has 1 heterocycles. The molecule has 23 heavy (non-hydrogen) atoms. The van der Waals surface area contributed by atoms with Gasteiger partial charge in [-0.05, 0) is 57.9 Å². The molecule has 0 spiro atoms. The van der Waals surface area contributed by atoms with E-state index in [4.69, 9.17) is 4.74 Å². The molecule has 1 amide bonds. The van der Waals surface area contributed by atoms with Gasteiger partial charge in [-0.25, -0.2) is 4.79 Å². The van der Waals surface area contributed by atoms with Gasteiger partial charge in [-0.2, -0.15) is 0 Å². The van der Waals surface area contributed by atoms with Gasteiger partial charge < -0.3 is 14.7 Å². The summed E-state index contributed by atoms with van der Waals surface area (Å²) in [4.78, 5) is 13.8. The summed E-state index contributed by atoms with van der Waals surface area (Å²) in [7, 11) is 0. The number of carbonyl (C=O) groups is 1. The van der Waals surface area contributed by atoms with Crippen molar-refractivity contribution in [1.82, 2.24) is 4.90 Å². The Morgan fingerprint density at radius 1 is 1.26 bits per heavy atom. The fraction of sp³-hybridized carbons (Fsp3) is 0.632. The van der Waals surface area contributed by atoms with E-state index < -0.39 is 5.60 Å². The molecule has 4 heteroatoms. The Morgan fingerprint density at radius 3 is 2.43 bits per heavy atom. The number of rotatable bonds is 4. The number of aliphatic hydroxyl groups excluding tert-OH is 1. The lowest BCUT2D eigenvalue weighted by Gasteiger charge is -2.35. The van der Waals surface area contributed by atoms with Crippen molar-refractivity contribution in [3.05, 3.63) is 35.9 Å². The maximum Gasteiger partial charge on any atom is 0.410 e. The molecule has 1 aromatic carbocycles. The first-order chi connectivity index (χ1) is 10.8. The van der Waals surface area contributed by atoms with Crippen LogP contribution in [0.3, 0.4) is 0 Å². The molecule has 1 unspecified atom stereocenters. The number of likely N-dealkylation sites (tertiary alicyclic amines) is 1. The molecular formula is C19H29NO3. The van der Waals surface area contributed by atoms with Crippen LogP contribution < -0.4 is 0 Å². The van der Waals surface area contributed by atoms with Gasteiger partial charge in [0.05, 0.1) is 6.10 Å². The summed E-state index contributed by atoms with van der Waals surface area (Å²) in [6, 6.07) is 10.3. The summed E-state index contributed by atoms with van der Waals surface area (Å²) in [6.45, 7) is 6.98. The summed E-state index contributed by atoms with van der Waals surface area (Å²) in [5.41, 5.74) is 0.807. The van der Waals surface area contributed by atoms with E-state index in [1.54, 1.807) is 4.90 Å². The standard InChI is InChI=1S/C19H29NO3/c1-19(2,3)23-18(22)20-13-11-16(12-14-20)17(21)10-9-15-7-5-4-6-8-15/h4-8,16-17,21H,9-14H2,1-3H3. The van der Waals surface area contributed by atoms with Crippen LogP contribution in [0, 0.1) is 5.92 Å². The number of aliphatic hydroxyl groups is 1. The summed E-state index contributed by atoms with van der Waals surface area (Å²) < 4.78 is 5.40. The quantitative estimate of drug-likeness (QED) is 0.922. The average molecular weight is 319 g/mol. The number of nitrogens with zero attached hydrogens (tertiary/aromatic N) is 1. The third-order valence-electron chi connectivity index (χ3n) is 4.31. The second kappa shape index (κ2) is 7.82. The van der Waals surface area contributed by atoms with Crippen LogP contribution >= 0.6 is 0 Å². The molecule has 128 valence electrons. The Bertz CT molecular complexity index is 487. The van der Waals surface area contributed by atoms with Gasteiger partial charge in [-0.3, -0.25) is 0 Å². The summed E-state index contributed by atoms with van der Waals surface area (Å²) >= 11 is 0. The highest BCUT2D eigenvalue weighted by Gasteiger charge is 2.29. The van der Waals surface area contributed by atoms with Crippen molar-refractivity contribution in [2.24, 2.45) is 5.92 Å². The maximum atomic E-state index is 12.0. The van der Waals surface area contributed by atoms with Gasteiger partial charge in [0, 0.05) is 13.1 Å². The van der Waals surface area contributed by atoms with Crippen LogP contribution in [0.4, 0.5) is 4.79 Å². The highest BCUT2D eigenvalue weighted by molar-refractivity contribution is 5.68. The molecule has 1 saturated heterocycles. The van der Waals surface area contributed by atoms with E-state index in [-0.39, 0.29) is 18.1 Å². The molecule has 0 bridgehead atoms. The Kier molecular flexibility index (Phi) is 6.05. The van der Waals surface area contributed by atoms with Crippen LogP contribution in [0.1, 0.15) is 45.6 Å². The van der Waals surface area contributed by atoms with E-state index in [1.165, 1.54) is 5.56 Å². The topological polar surface area (TPSA) is 49.8 Å². The first-order valence-corrected chi connectivity index (χ1v) is 8.55. The summed E-state index contributed by atoms with van der Waals surface area (Å²) in [5, 5.41) is 10.4. The number of piperidine rings is 1. The zero-order valence-corrected chi connectivity index (χ0v) is 14.5. The first-order valence-electron chi connectivity index (χ1n) is 8.55. The van der Waals surface area contributed by atoms with Gasteiger partial charge in [-0.15, -0.1) is 0 Å². The smallest absolute Gasteiger partial charge is 0.410 e. The normalized spacial score (nSPS) is 17.8. The van der Waals surface area contributed by atoms with Crippen LogP contribution in [0.5, 0.6) is 0 Å². The van der Waals surface area contributed by atoms with Crippen molar-refractivity contribution >= 4 is 6.09 Å². The van der Waals surface area contributed by atoms with Gasteiger partial charge in [-0.1, -0.05) is 30.3 Å². The lowest BCUT2D eigenvalue weighted by atomic mass is 9.88. The molecule has 0 radical (unpaired) electrons. The SMILES string of the molecule is CC(C)(C)OC(=O)N1CCC(C(O)CCc2ccccc2)CC1. The van der Waals surface area contributed by atoms with Gasteiger partial charge in [0.2, 0.25) is 0 Å². The Balaban J connectivity index is 1.74. The first kappa shape index (κ1) is 17.8. The Morgan fingerprint density at radius 2 is 1.87 bits per heavy atom. The molecule has 0 aliphatic carbocycles. The van der Waals surface area contributed by atoms with E-state index in [1.807, 2.05) is 39.0 Å². The van der Waals surface area contributed by atoms with Crippen molar-refractivity contribution in [2.75, 3.05) is 13.1 Å². The lowest BCUT2D eigenvalue weighted by molar-refractivity contribution is 0.00695. The van der Waals surface area contributed by atoms with Crippen LogP contribution in [0.15, 0.2) is 30.3 Å². The van der Waals surface area contributed by atoms with Crippen LogP contribution in [0.25, 0.3) is 0 Å². The molecule has 1 atom stereocenters. The van der Waals surface area contributed by atoms with Gasteiger partial charge >= 0.3 is 6.09 Å². The second-order valence-electron chi connectivity index (χ2n) is 7.40. The molecule has 1 aliphatic rings. The maximum absolute atomic E-state index is 12.0. The lowest BCUT2D eigenvalue weighted by Crippen LogP contribution is -2.43. The third-order valence-corrected chi connectivity index (χ3v) is 4.31. The van der Waals surface area contributed by atoms with Crippen LogP contribution in [0.2, 0.25) is 0 Å². The van der Waals surface area contributed by atoms with Crippen molar-refractivity contribution in [3.63, 3.8) is 0 Å². The van der Waals surface area contributed by atoms with Crippen molar-refractivity contribution in [1.29, 1.82) is 0 Å². The molecular weight excluding hydrogens is 290 g/mol.